The molecule has 0 spiro atoms. The number of carbonyl (C=O) groups excluding carboxylic acids is 1. The molecule has 0 aliphatic heterocycles. The molecular formula is C26H39BrMgO3. The van der Waals surface area contributed by atoms with Crippen LogP contribution in [0.4, 0.5) is 0 Å². The van der Waals surface area contributed by atoms with Crippen molar-refractivity contribution < 1.29 is 31.6 Å². The van der Waals surface area contributed by atoms with Crippen molar-refractivity contribution in [3.8, 4) is 0 Å². The summed E-state index contributed by atoms with van der Waals surface area (Å²) in [5.74, 6) is -0.128. The first-order valence-electron chi connectivity index (χ1n) is 10.1. The monoisotopic (exact) mass is 502 g/mol. The van der Waals surface area contributed by atoms with E-state index < -0.39 is 5.60 Å². The number of methoxy groups -OCH3 is 1. The molecular weight excluding hydrogens is 464 g/mol. The molecule has 0 aliphatic carbocycles. The fraction of sp³-hybridized carbons (Fsp3) is 0.462. The summed E-state index contributed by atoms with van der Waals surface area (Å²) < 4.78 is 4.57. The minimum atomic E-state index is -0.523. The summed E-state index contributed by atoms with van der Waals surface area (Å²) in [7, 11) is 1.42. The van der Waals surface area contributed by atoms with Crippen molar-refractivity contribution in [1.82, 2.24) is 0 Å². The molecule has 3 nitrogen and oxygen atoms in total. The molecule has 0 bridgehead atoms. The molecule has 0 saturated heterocycles. The quantitative estimate of drug-likeness (QED) is 0.342. The van der Waals surface area contributed by atoms with Crippen molar-refractivity contribution in [3.05, 3.63) is 78.2 Å². The number of carbonyl (C=O) groups is 1. The summed E-state index contributed by atoms with van der Waals surface area (Å²) in [6.07, 6.45) is 5.27. The van der Waals surface area contributed by atoms with Gasteiger partial charge in [-0.3, -0.25) is 4.79 Å². The van der Waals surface area contributed by atoms with E-state index in [0.717, 1.165) is 32.1 Å². The van der Waals surface area contributed by atoms with Gasteiger partial charge in [-0.05, 0) is 70.9 Å². The first kappa shape index (κ1) is 34.7. The fourth-order valence-corrected chi connectivity index (χ4v) is 2.77. The molecule has 0 saturated carbocycles. The van der Waals surface area contributed by atoms with Gasteiger partial charge < -0.3 is 34.3 Å². The van der Waals surface area contributed by atoms with E-state index in [1.807, 2.05) is 13.8 Å². The first-order valence-corrected chi connectivity index (χ1v) is 10.1. The summed E-state index contributed by atoms with van der Waals surface area (Å²) in [5.41, 5.74) is 4.68. The van der Waals surface area contributed by atoms with Crippen LogP contribution in [0.5, 0.6) is 0 Å². The Kier molecular flexibility index (Phi) is 20.9. The SMILES string of the molecule is COC(=O)CCCc1ccc(C)cc1.Cc1ccc(CCCC(C)(C)O)cc1.[Br-].[CH3-].[Mg+2]. The molecule has 2 rings (SSSR count). The van der Waals surface area contributed by atoms with E-state index in [2.05, 4.69) is 67.1 Å². The maximum absolute atomic E-state index is 10.8. The van der Waals surface area contributed by atoms with Gasteiger partial charge in [-0.1, -0.05) is 59.7 Å². The second-order valence-electron chi connectivity index (χ2n) is 8.07. The van der Waals surface area contributed by atoms with Gasteiger partial charge >= 0.3 is 29.0 Å². The molecule has 1 N–H and O–H groups in total. The van der Waals surface area contributed by atoms with Gasteiger partial charge in [-0.25, -0.2) is 0 Å². The Labute approximate surface area is 216 Å². The molecule has 0 unspecified atom stereocenters. The summed E-state index contributed by atoms with van der Waals surface area (Å²) in [4.78, 5) is 10.8. The molecule has 2 aromatic carbocycles. The van der Waals surface area contributed by atoms with Crippen molar-refractivity contribution in [2.24, 2.45) is 0 Å². The number of ether oxygens (including phenoxy) is 1. The van der Waals surface area contributed by atoms with Crippen LogP contribution in [0.25, 0.3) is 0 Å². The summed E-state index contributed by atoms with van der Waals surface area (Å²) >= 11 is 0. The first-order chi connectivity index (χ1) is 13.2. The Hall–Kier alpha value is -0.884. The third kappa shape index (κ3) is 18.4. The van der Waals surface area contributed by atoms with Gasteiger partial charge in [-0.15, -0.1) is 0 Å². The topological polar surface area (TPSA) is 46.5 Å². The zero-order chi connectivity index (χ0) is 21.0. The molecule has 0 atom stereocenters. The summed E-state index contributed by atoms with van der Waals surface area (Å²) in [6.45, 7) is 7.89. The summed E-state index contributed by atoms with van der Waals surface area (Å²) in [6, 6.07) is 17.0. The van der Waals surface area contributed by atoms with Crippen LogP contribution in [0, 0.1) is 21.3 Å². The predicted octanol–water partition coefficient (Wildman–Crippen LogP) is 2.65. The van der Waals surface area contributed by atoms with Gasteiger partial charge in [0.2, 0.25) is 0 Å². The summed E-state index contributed by atoms with van der Waals surface area (Å²) in [5, 5.41) is 9.54. The van der Waals surface area contributed by atoms with E-state index >= 15 is 0 Å². The van der Waals surface area contributed by atoms with E-state index in [9.17, 15) is 9.90 Å². The van der Waals surface area contributed by atoms with E-state index in [1.54, 1.807) is 0 Å². The number of rotatable bonds is 8. The minimum Gasteiger partial charge on any atom is -1.00 e. The minimum absolute atomic E-state index is 0. The average Bonchev–Trinajstić information content (AvgIpc) is 2.64. The molecule has 5 heteroatoms. The van der Waals surface area contributed by atoms with Crippen LogP contribution in [-0.4, -0.2) is 46.8 Å². The second-order valence-corrected chi connectivity index (χ2v) is 8.07. The smallest absolute Gasteiger partial charge is 1.00 e. The van der Waals surface area contributed by atoms with Crippen LogP contribution in [0.3, 0.4) is 0 Å². The normalized spacial score (nSPS) is 9.74. The van der Waals surface area contributed by atoms with E-state index in [-0.39, 0.29) is 53.4 Å². The number of benzene rings is 2. The van der Waals surface area contributed by atoms with Crippen LogP contribution in [0.15, 0.2) is 48.5 Å². The maximum atomic E-state index is 10.8. The Bertz CT molecular complexity index is 692. The molecule has 0 radical (unpaired) electrons. The molecule has 0 amide bonds. The molecule has 31 heavy (non-hydrogen) atoms. The maximum Gasteiger partial charge on any atom is 2.00 e. The molecule has 0 aliphatic rings. The average molecular weight is 504 g/mol. The molecule has 0 aromatic heterocycles. The van der Waals surface area contributed by atoms with Crippen molar-refractivity contribution in [2.45, 2.75) is 71.8 Å². The molecule has 2 aromatic rings. The van der Waals surface area contributed by atoms with Gasteiger partial charge in [-0.2, -0.15) is 0 Å². The Morgan fingerprint density at radius 1 is 0.871 bits per heavy atom. The van der Waals surface area contributed by atoms with Gasteiger partial charge in [0.1, 0.15) is 0 Å². The third-order valence-electron chi connectivity index (χ3n) is 4.57. The van der Waals surface area contributed by atoms with Crippen molar-refractivity contribution in [1.29, 1.82) is 0 Å². The number of aryl methyl sites for hydroxylation is 4. The largest absolute Gasteiger partial charge is 2.00 e. The van der Waals surface area contributed by atoms with Crippen LogP contribution < -0.4 is 17.0 Å². The van der Waals surface area contributed by atoms with Crippen molar-refractivity contribution >= 4 is 29.0 Å². The Morgan fingerprint density at radius 3 is 1.61 bits per heavy atom. The number of hydrogen-bond acceptors (Lipinski definition) is 3. The Morgan fingerprint density at radius 2 is 1.26 bits per heavy atom. The number of halogens is 1. The fourth-order valence-electron chi connectivity index (χ4n) is 2.77. The molecule has 0 heterocycles. The Balaban J connectivity index is -0.000000461. The van der Waals surface area contributed by atoms with Gasteiger partial charge in [0.05, 0.1) is 12.7 Å². The standard InChI is InChI=1S/C13H20O.C12H16O2.CH3.BrH.Mg/c1-11-6-8-12(9-7-11)5-4-10-13(2,3)14;1-10-6-8-11(9-7-10)4-3-5-12(13)14-2;;;/h6-9,14H,4-5,10H2,1-3H3;6-9H,3-5H2,1-2H3;1H3;1H;/q;;-1;;+2/p-1. The zero-order valence-corrected chi connectivity index (χ0v) is 23.2. The third-order valence-corrected chi connectivity index (χ3v) is 4.57. The van der Waals surface area contributed by atoms with E-state index in [0.29, 0.717) is 6.42 Å². The van der Waals surface area contributed by atoms with Crippen LogP contribution in [-0.2, 0) is 22.4 Å². The van der Waals surface area contributed by atoms with E-state index in [4.69, 9.17) is 0 Å². The number of aliphatic hydroxyl groups is 1. The predicted molar refractivity (Wildman–Crippen MR) is 129 cm³/mol. The van der Waals surface area contributed by atoms with Crippen molar-refractivity contribution in [2.75, 3.05) is 7.11 Å². The number of esters is 1. The van der Waals surface area contributed by atoms with Crippen LogP contribution >= 0.6 is 0 Å². The zero-order valence-electron chi connectivity index (χ0n) is 20.2. The van der Waals surface area contributed by atoms with E-state index in [1.165, 1.54) is 29.4 Å². The van der Waals surface area contributed by atoms with Crippen molar-refractivity contribution in [3.63, 3.8) is 0 Å². The molecule has 170 valence electrons. The van der Waals surface area contributed by atoms with Crippen LogP contribution in [0.1, 0.15) is 61.8 Å². The van der Waals surface area contributed by atoms with Crippen LogP contribution in [0.2, 0.25) is 0 Å². The number of hydrogen-bond donors (Lipinski definition) is 1. The second kappa shape index (κ2) is 18.7. The van der Waals surface area contributed by atoms with Gasteiger partial charge in [0.25, 0.3) is 0 Å². The van der Waals surface area contributed by atoms with Gasteiger partial charge in [0, 0.05) is 6.42 Å². The van der Waals surface area contributed by atoms with Gasteiger partial charge in [0.15, 0.2) is 0 Å². The molecule has 0 fully saturated rings.